The molecule has 124 valence electrons. The number of hydrogen-bond acceptors (Lipinski definition) is 4. The molecule has 0 unspecified atom stereocenters. The predicted molar refractivity (Wildman–Crippen MR) is 85.8 cm³/mol. The lowest BCUT2D eigenvalue weighted by Gasteiger charge is -2.40. The van der Waals surface area contributed by atoms with Crippen LogP contribution < -0.4 is 5.32 Å². The molecule has 1 N–H and O–H groups in total. The van der Waals surface area contributed by atoms with Crippen molar-refractivity contribution in [2.24, 2.45) is 5.92 Å². The van der Waals surface area contributed by atoms with E-state index in [1.165, 1.54) is 5.82 Å². The first-order valence-electron chi connectivity index (χ1n) is 8.78. The molecule has 0 spiro atoms. The van der Waals surface area contributed by atoms with Crippen molar-refractivity contribution in [1.29, 1.82) is 0 Å². The Balaban J connectivity index is 1.67. The van der Waals surface area contributed by atoms with Crippen molar-refractivity contribution < 1.29 is 9.47 Å². The number of imidazole rings is 1. The summed E-state index contributed by atoms with van der Waals surface area (Å²) < 4.78 is 13.5. The Labute approximate surface area is 133 Å². The van der Waals surface area contributed by atoms with E-state index in [9.17, 15) is 0 Å². The summed E-state index contributed by atoms with van der Waals surface area (Å²) in [6.45, 7) is 7.80. The number of aryl methyl sites for hydroxylation is 1. The minimum atomic E-state index is 0.339. The minimum Gasteiger partial charge on any atom is -0.381 e. The highest BCUT2D eigenvalue weighted by Gasteiger charge is 2.35. The Morgan fingerprint density at radius 2 is 2.14 bits per heavy atom. The first-order valence-corrected chi connectivity index (χ1v) is 8.78. The molecule has 5 heteroatoms. The van der Waals surface area contributed by atoms with E-state index in [-0.39, 0.29) is 0 Å². The van der Waals surface area contributed by atoms with Gasteiger partial charge in [-0.25, -0.2) is 4.98 Å². The molecule has 1 atom stereocenters. The summed E-state index contributed by atoms with van der Waals surface area (Å²) in [5.41, 5.74) is 0. The molecule has 1 aromatic rings. The van der Waals surface area contributed by atoms with Gasteiger partial charge < -0.3 is 19.4 Å². The summed E-state index contributed by atoms with van der Waals surface area (Å²) >= 11 is 0. The van der Waals surface area contributed by atoms with E-state index in [2.05, 4.69) is 34.9 Å². The van der Waals surface area contributed by atoms with Gasteiger partial charge in [0.15, 0.2) is 0 Å². The Morgan fingerprint density at radius 1 is 1.36 bits per heavy atom. The largest absolute Gasteiger partial charge is 0.381 e. The monoisotopic (exact) mass is 307 g/mol. The maximum atomic E-state index is 5.69. The van der Waals surface area contributed by atoms with E-state index in [4.69, 9.17) is 9.47 Å². The van der Waals surface area contributed by atoms with Crippen molar-refractivity contribution in [3.8, 4) is 0 Å². The van der Waals surface area contributed by atoms with Gasteiger partial charge in [-0.1, -0.05) is 0 Å². The van der Waals surface area contributed by atoms with Gasteiger partial charge in [-0.05, 0) is 45.4 Å². The number of aromatic nitrogens is 2. The third kappa shape index (κ3) is 3.53. The molecular formula is C17H29N3O2. The lowest BCUT2D eigenvalue weighted by atomic mass is 9.85. The van der Waals surface area contributed by atoms with Crippen LogP contribution >= 0.6 is 0 Å². The minimum absolute atomic E-state index is 0.339. The molecule has 1 aliphatic heterocycles. The summed E-state index contributed by atoms with van der Waals surface area (Å²) in [7, 11) is 0. The first-order chi connectivity index (χ1) is 10.8. The number of ether oxygens (including phenoxy) is 2. The number of rotatable bonds is 7. The van der Waals surface area contributed by atoms with Crippen LogP contribution in [0.15, 0.2) is 12.4 Å². The van der Waals surface area contributed by atoms with Crippen molar-refractivity contribution in [2.75, 3.05) is 19.8 Å². The summed E-state index contributed by atoms with van der Waals surface area (Å²) in [5.74, 6) is 1.81. The second kappa shape index (κ2) is 7.57. The summed E-state index contributed by atoms with van der Waals surface area (Å²) in [6, 6.07) is 0.901. The topological polar surface area (TPSA) is 48.3 Å². The predicted octanol–water partition coefficient (Wildman–Crippen LogP) is 2.53. The quantitative estimate of drug-likeness (QED) is 0.841. The highest BCUT2D eigenvalue weighted by atomic mass is 16.5. The van der Waals surface area contributed by atoms with Crippen LogP contribution in [0.3, 0.4) is 0 Å². The fourth-order valence-corrected chi connectivity index (χ4v) is 3.67. The summed E-state index contributed by atoms with van der Waals surface area (Å²) in [5, 5.41) is 3.87. The van der Waals surface area contributed by atoms with Crippen LogP contribution in [-0.2, 0) is 16.0 Å². The molecular weight excluding hydrogens is 278 g/mol. The fourth-order valence-electron chi connectivity index (χ4n) is 3.67. The third-order valence-electron chi connectivity index (χ3n) is 5.02. The average molecular weight is 307 g/mol. The van der Waals surface area contributed by atoms with Gasteiger partial charge in [0, 0.05) is 44.8 Å². The lowest BCUT2D eigenvalue weighted by molar-refractivity contribution is -0.0187. The van der Waals surface area contributed by atoms with Gasteiger partial charge in [0.05, 0.1) is 12.1 Å². The van der Waals surface area contributed by atoms with E-state index < -0.39 is 0 Å². The SMILES string of the molecule is CCOC1CC(N[C@H](c2nccn2CC)C2CCOCC2)C1. The average Bonchev–Trinajstić information content (AvgIpc) is 2.98. The van der Waals surface area contributed by atoms with Gasteiger partial charge in [0.2, 0.25) is 0 Å². The molecule has 3 rings (SSSR count). The number of hydrogen-bond donors (Lipinski definition) is 1. The van der Waals surface area contributed by atoms with Gasteiger partial charge in [0.25, 0.3) is 0 Å². The van der Waals surface area contributed by atoms with Crippen LogP contribution in [0.5, 0.6) is 0 Å². The molecule has 0 amide bonds. The van der Waals surface area contributed by atoms with Crippen molar-refractivity contribution in [2.45, 2.75) is 64.3 Å². The molecule has 2 fully saturated rings. The molecule has 0 aromatic carbocycles. The van der Waals surface area contributed by atoms with E-state index in [1.807, 2.05) is 6.20 Å². The summed E-state index contributed by atoms with van der Waals surface area (Å²) in [4.78, 5) is 4.66. The van der Waals surface area contributed by atoms with Crippen LogP contribution in [0.1, 0.15) is 51.4 Å². The van der Waals surface area contributed by atoms with Crippen LogP contribution in [-0.4, -0.2) is 41.5 Å². The van der Waals surface area contributed by atoms with E-state index in [1.54, 1.807) is 0 Å². The number of nitrogens with one attached hydrogen (secondary N) is 1. The molecule has 1 saturated heterocycles. The zero-order chi connectivity index (χ0) is 15.4. The second-order valence-corrected chi connectivity index (χ2v) is 6.41. The molecule has 1 saturated carbocycles. The Bertz CT molecular complexity index is 451. The molecule has 1 aromatic heterocycles. The van der Waals surface area contributed by atoms with Crippen LogP contribution in [0.4, 0.5) is 0 Å². The molecule has 0 radical (unpaired) electrons. The Morgan fingerprint density at radius 3 is 2.82 bits per heavy atom. The van der Waals surface area contributed by atoms with Gasteiger partial charge in [-0.2, -0.15) is 0 Å². The van der Waals surface area contributed by atoms with Crippen molar-refractivity contribution in [3.05, 3.63) is 18.2 Å². The molecule has 5 nitrogen and oxygen atoms in total. The van der Waals surface area contributed by atoms with Crippen molar-refractivity contribution >= 4 is 0 Å². The summed E-state index contributed by atoms with van der Waals surface area (Å²) in [6.07, 6.45) is 8.96. The van der Waals surface area contributed by atoms with Crippen LogP contribution in [0.2, 0.25) is 0 Å². The van der Waals surface area contributed by atoms with Gasteiger partial charge in [-0.3, -0.25) is 0 Å². The third-order valence-corrected chi connectivity index (χ3v) is 5.02. The van der Waals surface area contributed by atoms with Crippen LogP contribution in [0, 0.1) is 5.92 Å². The van der Waals surface area contributed by atoms with Gasteiger partial charge in [-0.15, -0.1) is 0 Å². The zero-order valence-electron chi connectivity index (χ0n) is 13.8. The maximum Gasteiger partial charge on any atom is 0.126 e. The smallest absolute Gasteiger partial charge is 0.126 e. The molecule has 22 heavy (non-hydrogen) atoms. The molecule has 2 heterocycles. The Kier molecular flexibility index (Phi) is 5.50. The molecule has 0 bridgehead atoms. The van der Waals surface area contributed by atoms with E-state index in [0.29, 0.717) is 24.1 Å². The van der Waals surface area contributed by atoms with Crippen LogP contribution in [0.25, 0.3) is 0 Å². The Hall–Kier alpha value is -0.910. The zero-order valence-corrected chi connectivity index (χ0v) is 13.8. The molecule has 2 aliphatic rings. The highest BCUT2D eigenvalue weighted by molar-refractivity contribution is 5.04. The van der Waals surface area contributed by atoms with Crippen molar-refractivity contribution in [3.63, 3.8) is 0 Å². The van der Waals surface area contributed by atoms with Gasteiger partial charge in [0.1, 0.15) is 5.82 Å². The maximum absolute atomic E-state index is 5.69. The second-order valence-electron chi connectivity index (χ2n) is 6.41. The standard InChI is InChI=1S/C17H29N3O2/c1-3-20-8-7-18-17(20)16(13-5-9-21-10-6-13)19-14-11-15(12-14)22-4-2/h7-8,13-16,19H,3-6,9-12H2,1-2H3/t14?,15?,16-/m0/s1. The normalized spacial score (nSPS) is 27.5. The fraction of sp³-hybridized carbons (Fsp3) is 0.824. The highest BCUT2D eigenvalue weighted by Crippen LogP contribution is 2.33. The van der Waals surface area contributed by atoms with E-state index >= 15 is 0 Å². The van der Waals surface area contributed by atoms with E-state index in [0.717, 1.165) is 52.0 Å². The lowest BCUT2D eigenvalue weighted by Crippen LogP contribution is -2.49. The number of nitrogens with zero attached hydrogens (tertiary/aromatic N) is 2. The van der Waals surface area contributed by atoms with Crippen molar-refractivity contribution in [1.82, 2.24) is 14.9 Å². The first kappa shape index (κ1) is 16.0. The van der Waals surface area contributed by atoms with Gasteiger partial charge >= 0.3 is 0 Å². The molecule has 1 aliphatic carbocycles.